The Bertz CT molecular complexity index is 382. The van der Waals surface area contributed by atoms with Gasteiger partial charge >= 0.3 is 0 Å². The van der Waals surface area contributed by atoms with Crippen molar-refractivity contribution in [1.82, 2.24) is 0 Å². The van der Waals surface area contributed by atoms with Crippen LogP contribution in [-0.4, -0.2) is 11.7 Å². The number of nitrogens with zero attached hydrogens (tertiary/aromatic N) is 3. The number of aliphatic hydroxyl groups is 1. The lowest BCUT2D eigenvalue weighted by atomic mass is 10.2. The molecule has 0 bridgehead atoms. The molecule has 0 fully saturated rings. The first kappa shape index (κ1) is 9.62. The highest BCUT2D eigenvalue weighted by atomic mass is 32.1. The van der Waals surface area contributed by atoms with Gasteiger partial charge in [-0.05, 0) is 17.0 Å². The Morgan fingerprint density at radius 1 is 1.69 bits per heavy atom. The molecule has 0 aliphatic rings. The largest absolute Gasteiger partial charge is 0.391 e. The van der Waals surface area contributed by atoms with Crippen molar-refractivity contribution in [2.45, 2.75) is 6.61 Å². The van der Waals surface area contributed by atoms with Crippen LogP contribution >= 0.6 is 11.3 Å². The maximum atomic E-state index is 8.87. The first-order valence-corrected chi connectivity index (χ1v) is 4.43. The summed E-state index contributed by atoms with van der Waals surface area (Å²) in [6.45, 7) is 0.167. The minimum Gasteiger partial charge on any atom is -0.391 e. The minimum atomic E-state index is 0.00317. The van der Waals surface area contributed by atoms with Gasteiger partial charge in [0.05, 0.1) is 13.2 Å². The highest BCUT2D eigenvalue weighted by molar-refractivity contribution is 7.10. The average molecular weight is 193 g/mol. The van der Waals surface area contributed by atoms with E-state index in [0.29, 0.717) is 0 Å². The summed E-state index contributed by atoms with van der Waals surface area (Å²) in [5.41, 5.74) is 8.78. The highest BCUT2D eigenvalue weighted by Gasteiger charge is 1.97. The number of thiophene rings is 1. The lowest BCUT2D eigenvalue weighted by Gasteiger charge is -1.88. The second kappa shape index (κ2) is 5.22. The molecule has 0 aliphatic heterocycles. The molecule has 1 N–H and O–H groups in total. The predicted molar refractivity (Wildman–Crippen MR) is 51.1 cm³/mol. The second-order valence-corrected chi connectivity index (χ2v) is 3.11. The van der Waals surface area contributed by atoms with Gasteiger partial charge in [-0.15, -0.1) is 11.3 Å². The molecule has 0 spiro atoms. The number of rotatable bonds is 2. The van der Waals surface area contributed by atoms with E-state index in [2.05, 4.69) is 21.9 Å². The number of hydrogen-bond acceptors (Lipinski definition) is 3. The van der Waals surface area contributed by atoms with E-state index in [9.17, 15) is 0 Å². The van der Waals surface area contributed by atoms with Gasteiger partial charge < -0.3 is 5.11 Å². The summed E-state index contributed by atoms with van der Waals surface area (Å²) in [4.78, 5) is 3.41. The maximum absolute atomic E-state index is 8.87. The van der Waals surface area contributed by atoms with Crippen molar-refractivity contribution in [1.29, 1.82) is 0 Å². The molecule has 1 aromatic rings. The van der Waals surface area contributed by atoms with Crippen LogP contribution in [0.4, 0.5) is 0 Å². The van der Waals surface area contributed by atoms with Gasteiger partial charge in [0.1, 0.15) is 0 Å². The molecule has 66 valence electrons. The molecule has 1 heterocycles. The summed E-state index contributed by atoms with van der Waals surface area (Å²) in [6, 6.07) is 1.83. The van der Waals surface area contributed by atoms with Gasteiger partial charge in [0.15, 0.2) is 0 Å². The van der Waals surface area contributed by atoms with Gasteiger partial charge in [0, 0.05) is 15.4 Å². The molecule has 0 saturated heterocycles. The summed E-state index contributed by atoms with van der Waals surface area (Å²) in [7, 11) is 0. The molecule has 1 rings (SSSR count). The van der Waals surface area contributed by atoms with Crippen molar-refractivity contribution in [3.63, 3.8) is 0 Å². The van der Waals surface area contributed by atoms with Crippen molar-refractivity contribution in [3.05, 3.63) is 32.3 Å². The van der Waals surface area contributed by atoms with Gasteiger partial charge in [-0.2, -0.15) is 0 Å². The highest BCUT2D eigenvalue weighted by Crippen LogP contribution is 2.14. The maximum Gasteiger partial charge on any atom is 0.0880 e. The van der Waals surface area contributed by atoms with Crippen LogP contribution in [0.3, 0.4) is 0 Å². The Labute approximate surface area is 79.5 Å². The van der Waals surface area contributed by atoms with Crippen molar-refractivity contribution in [3.8, 4) is 11.8 Å². The molecular formula is C8H7N3OS. The smallest absolute Gasteiger partial charge is 0.0880 e. The van der Waals surface area contributed by atoms with Crippen molar-refractivity contribution >= 4 is 11.3 Å². The van der Waals surface area contributed by atoms with Crippen LogP contribution in [-0.2, 0) is 6.61 Å². The van der Waals surface area contributed by atoms with Gasteiger partial charge in [-0.3, -0.25) is 0 Å². The zero-order chi connectivity index (χ0) is 9.52. The average Bonchev–Trinajstić information content (AvgIpc) is 2.60. The third kappa shape index (κ3) is 2.80. The molecule has 13 heavy (non-hydrogen) atoms. The Hall–Kier alpha value is -1.47. The normalized spacial score (nSPS) is 8.38. The summed E-state index contributed by atoms with van der Waals surface area (Å²) < 4.78 is 0. The lowest BCUT2D eigenvalue weighted by Crippen LogP contribution is -1.80. The SMILES string of the molecule is [N-]=[N+]=NCC#Cc1ccsc1CO. The molecule has 0 radical (unpaired) electrons. The Balaban J connectivity index is 2.70. The zero-order valence-electron chi connectivity index (χ0n) is 6.77. The quantitative estimate of drug-likeness (QED) is 0.331. The van der Waals surface area contributed by atoms with Crippen LogP contribution in [0.2, 0.25) is 0 Å². The zero-order valence-corrected chi connectivity index (χ0v) is 7.58. The van der Waals surface area contributed by atoms with Crippen LogP contribution in [0, 0.1) is 11.8 Å². The van der Waals surface area contributed by atoms with E-state index >= 15 is 0 Å². The van der Waals surface area contributed by atoms with E-state index in [0.717, 1.165) is 10.4 Å². The van der Waals surface area contributed by atoms with Crippen molar-refractivity contribution in [2.75, 3.05) is 6.54 Å². The minimum absolute atomic E-state index is 0.00317. The molecule has 4 nitrogen and oxygen atoms in total. The molecule has 0 unspecified atom stereocenters. The molecule has 0 aromatic carbocycles. The summed E-state index contributed by atoms with van der Waals surface area (Å²) >= 11 is 1.46. The summed E-state index contributed by atoms with van der Waals surface area (Å²) in [5, 5.41) is 14.0. The van der Waals surface area contributed by atoms with Gasteiger partial charge in [-0.1, -0.05) is 17.0 Å². The van der Waals surface area contributed by atoms with E-state index < -0.39 is 0 Å². The monoisotopic (exact) mass is 193 g/mol. The van der Waals surface area contributed by atoms with Gasteiger partial charge in [-0.25, -0.2) is 0 Å². The van der Waals surface area contributed by atoms with Crippen LogP contribution in [0.1, 0.15) is 10.4 Å². The van der Waals surface area contributed by atoms with Crippen molar-refractivity contribution < 1.29 is 5.11 Å². The Kier molecular flexibility index (Phi) is 3.86. The van der Waals surface area contributed by atoms with Gasteiger partial charge in [0.2, 0.25) is 0 Å². The van der Waals surface area contributed by atoms with Crippen LogP contribution < -0.4 is 0 Å². The first-order chi connectivity index (χ1) is 6.38. The number of aliphatic hydroxyl groups excluding tert-OH is 1. The second-order valence-electron chi connectivity index (χ2n) is 2.11. The third-order valence-electron chi connectivity index (χ3n) is 1.33. The molecular weight excluding hydrogens is 186 g/mol. The number of hydrogen-bond donors (Lipinski definition) is 1. The summed E-state index contributed by atoms with van der Waals surface area (Å²) in [6.07, 6.45) is 0. The number of azide groups is 1. The fourth-order valence-electron chi connectivity index (χ4n) is 0.776. The Morgan fingerprint density at radius 2 is 2.54 bits per heavy atom. The van der Waals surface area contributed by atoms with Crippen LogP contribution in [0.5, 0.6) is 0 Å². The van der Waals surface area contributed by atoms with E-state index in [1.54, 1.807) is 0 Å². The van der Waals surface area contributed by atoms with Crippen LogP contribution in [0.15, 0.2) is 16.6 Å². The van der Waals surface area contributed by atoms with Gasteiger partial charge in [0.25, 0.3) is 0 Å². The van der Waals surface area contributed by atoms with E-state index in [1.807, 2.05) is 11.4 Å². The summed E-state index contributed by atoms with van der Waals surface area (Å²) in [5.74, 6) is 5.50. The first-order valence-electron chi connectivity index (χ1n) is 3.55. The standard InChI is InChI=1S/C8H7N3OS/c9-11-10-4-1-2-7-3-5-13-8(7)6-12/h3,5,12H,4,6H2. The topological polar surface area (TPSA) is 69.0 Å². The molecule has 5 heteroatoms. The Morgan fingerprint density at radius 3 is 3.23 bits per heavy atom. The van der Waals surface area contributed by atoms with E-state index in [1.165, 1.54) is 11.3 Å². The van der Waals surface area contributed by atoms with E-state index in [-0.39, 0.29) is 13.2 Å². The molecule has 0 atom stereocenters. The fourth-order valence-corrected chi connectivity index (χ4v) is 1.47. The van der Waals surface area contributed by atoms with Crippen LogP contribution in [0.25, 0.3) is 10.4 Å². The van der Waals surface area contributed by atoms with E-state index in [4.69, 9.17) is 10.6 Å². The molecule has 0 aliphatic carbocycles. The molecule has 1 aromatic heterocycles. The molecule has 0 saturated carbocycles. The predicted octanol–water partition coefficient (Wildman–Crippen LogP) is 1.90. The van der Waals surface area contributed by atoms with Crippen molar-refractivity contribution in [2.24, 2.45) is 5.11 Å². The lowest BCUT2D eigenvalue weighted by molar-refractivity contribution is 0.285. The molecule has 0 amide bonds. The third-order valence-corrected chi connectivity index (χ3v) is 2.23. The fraction of sp³-hybridized carbons (Fsp3) is 0.250.